The number of carbonyl (C=O) groups excluding carboxylic acids is 2. The first-order valence-electron chi connectivity index (χ1n) is 8.67. The molecule has 7 nitrogen and oxygen atoms in total. The zero-order valence-corrected chi connectivity index (χ0v) is 15.1. The Hall–Kier alpha value is -4.00. The van der Waals surface area contributed by atoms with E-state index in [1.807, 2.05) is 30.3 Å². The van der Waals surface area contributed by atoms with Gasteiger partial charge in [-0.1, -0.05) is 12.1 Å². The molecule has 3 aromatic heterocycles. The summed E-state index contributed by atoms with van der Waals surface area (Å²) in [6, 6.07) is 12.9. The molecular weight excluding hydrogens is 354 g/mol. The van der Waals surface area contributed by atoms with Gasteiger partial charge in [-0.2, -0.15) is 0 Å². The SMILES string of the molecule is CC(=O)Nc1ccc(-c2cnc3[nH]cc(NC(=O)c4cccnc4)c3c2)cc1. The Balaban J connectivity index is 1.63. The normalized spacial score (nSPS) is 10.6. The number of benzene rings is 1. The van der Waals surface area contributed by atoms with E-state index in [4.69, 9.17) is 0 Å². The molecule has 0 aliphatic carbocycles. The average Bonchev–Trinajstić information content (AvgIpc) is 3.11. The molecule has 0 aliphatic heterocycles. The van der Waals surface area contributed by atoms with E-state index in [0.29, 0.717) is 16.9 Å². The lowest BCUT2D eigenvalue weighted by molar-refractivity contribution is -0.114. The highest BCUT2D eigenvalue weighted by atomic mass is 16.2. The molecule has 3 N–H and O–H groups in total. The van der Waals surface area contributed by atoms with Crippen LogP contribution in [0.5, 0.6) is 0 Å². The van der Waals surface area contributed by atoms with Crippen molar-refractivity contribution in [2.45, 2.75) is 6.92 Å². The van der Waals surface area contributed by atoms with Crippen LogP contribution in [0.15, 0.2) is 67.3 Å². The standard InChI is InChI=1S/C21H17N5O2/c1-13(27)25-17-6-4-14(5-7-17)16-9-18-19(12-24-20(18)23-11-16)26-21(28)15-3-2-8-22-10-15/h2-12H,1H3,(H,23,24)(H,25,27)(H,26,28). The molecule has 0 saturated carbocycles. The van der Waals surface area contributed by atoms with E-state index in [1.54, 1.807) is 30.7 Å². The highest BCUT2D eigenvalue weighted by molar-refractivity contribution is 6.08. The van der Waals surface area contributed by atoms with Crippen molar-refractivity contribution in [1.29, 1.82) is 0 Å². The zero-order valence-electron chi connectivity index (χ0n) is 15.1. The van der Waals surface area contributed by atoms with E-state index < -0.39 is 0 Å². The molecule has 138 valence electrons. The average molecular weight is 371 g/mol. The molecule has 0 unspecified atom stereocenters. The Morgan fingerprint density at radius 3 is 2.54 bits per heavy atom. The van der Waals surface area contributed by atoms with Crippen molar-refractivity contribution >= 4 is 34.2 Å². The summed E-state index contributed by atoms with van der Waals surface area (Å²) < 4.78 is 0. The van der Waals surface area contributed by atoms with Gasteiger partial charge in [0.1, 0.15) is 5.65 Å². The molecule has 0 radical (unpaired) electrons. The summed E-state index contributed by atoms with van der Waals surface area (Å²) >= 11 is 0. The number of nitrogens with zero attached hydrogens (tertiary/aromatic N) is 2. The fraction of sp³-hybridized carbons (Fsp3) is 0.0476. The van der Waals surface area contributed by atoms with Gasteiger partial charge in [0.05, 0.1) is 11.3 Å². The molecule has 4 rings (SSSR count). The van der Waals surface area contributed by atoms with Crippen LogP contribution in [0, 0.1) is 0 Å². The lowest BCUT2D eigenvalue weighted by Gasteiger charge is -2.06. The van der Waals surface area contributed by atoms with Crippen molar-refractivity contribution in [3.05, 3.63) is 72.8 Å². The molecule has 0 bridgehead atoms. The number of carbonyl (C=O) groups is 2. The van der Waals surface area contributed by atoms with Crippen molar-refractivity contribution in [2.75, 3.05) is 10.6 Å². The predicted octanol–water partition coefficient (Wildman–Crippen LogP) is 3.84. The third-order valence-corrected chi connectivity index (χ3v) is 4.24. The summed E-state index contributed by atoms with van der Waals surface area (Å²) in [4.78, 5) is 35.0. The number of aromatic amines is 1. The third kappa shape index (κ3) is 3.59. The number of hydrogen-bond acceptors (Lipinski definition) is 4. The van der Waals surface area contributed by atoms with Crippen LogP contribution in [0.1, 0.15) is 17.3 Å². The first-order chi connectivity index (χ1) is 13.6. The van der Waals surface area contributed by atoms with E-state index in [1.165, 1.54) is 13.1 Å². The Bertz CT molecular complexity index is 1150. The number of rotatable bonds is 4. The molecule has 1 aromatic carbocycles. The van der Waals surface area contributed by atoms with Crippen LogP contribution in [0.4, 0.5) is 11.4 Å². The molecule has 2 amide bonds. The molecule has 0 atom stereocenters. The lowest BCUT2D eigenvalue weighted by atomic mass is 10.1. The second-order valence-corrected chi connectivity index (χ2v) is 6.28. The fourth-order valence-corrected chi connectivity index (χ4v) is 2.91. The van der Waals surface area contributed by atoms with Gasteiger partial charge in [-0.3, -0.25) is 14.6 Å². The number of hydrogen-bond donors (Lipinski definition) is 3. The minimum absolute atomic E-state index is 0.114. The van der Waals surface area contributed by atoms with Crippen molar-refractivity contribution in [3.63, 3.8) is 0 Å². The summed E-state index contributed by atoms with van der Waals surface area (Å²) in [7, 11) is 0. The van der Waals surface area contributed by atoms with Crippen molar-refractivity contribution < 1.29 is 9.59 Å². The highest BCUT2D eigenvalue weighted by Gasteiger charge is 2.11. The topological polar surface area (TPSA) is 99.8 Å². The van der Waals surface area contributed by atoms with Crippen LogP contribution in [-0.2, 0) is 4.79 Å². The molecule has 4 aromatic rings. The maximum Gasteiger partial charge on any atom is 0.257 e. The lowest BCUT2D eigenvalue weighted by Crippen LogP contribution is -2.11. The van der Waals surface area contributed by atoms with Gasteiger partial charge >= 0.3 is 0 Å². The van der Waals surface area contributed by atoms with Crippen LogP contribution in [0.2, 0.25) is 0 Å². The molecule has 7 heteroatoms. The first kappa shape index (κ1) is 17.4. The van der Waals surface area contributed by atoms with Gasteiger partial charge in [0.15, 0.2) is 0 Å². The van der Waals surface area contributed by atoms with E-state index >= 15 is 0 Å². The highest BCUT2D eigenvalue weighted by Crippen LogP contribution is 2.28. The van der Waals surface area contributed by atoms with Gasteiger partial charge in [-0.05, 0) is 35.9 Å². The Morgan fingerprint density at radius 2 is 1.82 bits per heavy atom. The van der Waals surface area contributed by atoms with Gasteiger partial charge in [0.25, 0.3) is 5.91 Å². The quantitative estimate of drug-likeness (QED) is 0.507. The van der Waals surface area contributed by atoms with Crippen LogP contribution < -0.4 is 10.6 Å². The van der Waals surface area contributed by atoms with Gasteiger partial charge in [0.2, 0.25) is 5.91 Å². The number of anilines is 2. The van der Waals surface area contributed by atoms with Gasteiger partial charge in [-0.15, -0.1) is 0 Å². The number of fused-ring (bicyclic) bond motifs is 1. The second kappa shape index (κ2) is 7.32. The van der Waals surface area contributed by atoms with Crippen LogP contribution in [0.25, 0.3) is 22.2 Å². The summed E-state index contributed by atoms with van der Waals surface area (Å²) in [5, 5.41) is 6.44. The Kier molecular flexibility index (Phi) is 4.55. The molecule has 0 spiro atoms. The zero-order chi connectivity index (χ0) is 19.5. The van der Waals surface area contributed by atoms with Crippen LogP contribution >= 0.6 is 0 Å². The maximum absolute atomic E-state index is 12.4. The summed E-state index contributed by atoms with van der Waals surface area (Å²) in [6.07, 6.45) is 6.62. The Morgan fingerprint density at radius 1 is 1.00 bits per heavy atom. The van der Waals surface area contributed by atoms with Gasteiger partial charge in [0, 0.05) is 48.3 Å². The molecular formula is C21H17N5O2. The fourth-order valence-electron chi connectivity index (χ4n) is 2.91. The third-order valence-electron chi connectivity index (χ3n) is 4.24. The second-order valence-electron chi connectivity index (χ2n) is 6.28. The number of nitrogens with one attached hydrogen (secondary N) is 3. The molecule has 3 heterocycles. The van der Waals surface area contributed by atoms with E-state index in [0.717, 1.165) is 22.2 Å². The van der Waals surface area contributed by atoms with Crippen LogP contribution in [-0.4, -0.2) is 26.8 Å². The van der Waals surface area contributed by atoms with Crippen molar-refractivity contribution in [1.82, 2.24) is 15.0 Å². The predicted molar refractivity (Wildman–Crippen MR) is 108 cm³/mol. The molecule has 28 heavy (non-hydrogen) atoms. The minimum atomic E-state index is -0.237. The van der Waals surface area contributed by atoms with Crippen molar-refractivity contribution in [2.24, 2.45) is 0 Å². The maximum atomic E-state index is 12.4. The van der Waals surface area contributed by atoms with E-state index in [2.05, 4.69) is 25.6 Å². The Labute approximate surface area is 160 Å². The number of H-pyrrole nitrogens is 1. The monoisotopic (exact) mass is 371 g/mol. The molecule has 0 fully saturated rings. The first-order valence-corrected chi connectivity index (χ1v) is 8.67. The van der Waals surface area contributed by atoms with Crippen LogP contribution in [0.3, 0.4) is 0 Å². The van der Waals surface area contributed by atoms with E-state index in [9.17, 15) is 9.59 Å². The van der Waals surface area contributed by atoms with Gasteiger partial charge in [-0.25, -0.2) is 4.98 Å². The minimum Gasteiger partial charge on any atom is -0.344 e. The molecule has 0 saturated heterocycles. The van der Waals surface area contributed by atoms with E-state index in [-0.39, 0.29) is 11.8 Å². The molecule has 0 aliphatic rings. The summed E-state index contributed by atoms with van der Waals surface area (Å²) in [6.45, 7) is 1.47. The smallest absolute Gasteiger partial charge is 0.257 e. The largest absolute Gasteiger partial charge is 0.344 e. The van der Waals surface area contributed by atoms with Crippen molar-refractivity contribution in [3.8, 4) is 11.1 Å². The number of pyridine rings is 2. The van der Waals surface area contributed by atoms with Gasteiger partial charge < -0.3 is 15.6 Å². The number of amides is 2. The summed E-state index contributed by atoms with van der Waals surface area (Å²) in [5.74, 6) is -0.351. The summed E-state index contributed by atoms with van der Waals surface area (Å²) in [5.41, 5.74) is 4.40. The number of aromatic nitrogens is 3.